The maximum Gasteiger partial charge on any atom is 0.289 e. The lowest BCUT2D eigenvalue weighted by molar-refractivity contribution is 0.0950. The van der Waals surface area contributed by atoms with Crippen LogP contribution >= 0.6 is 0 Å². The minimum Gasteiger partial charge on any atom is -0.493 e. The van der Waals surface area contributed by atoms with E-state index >= 15 is 0 Å². The van der Waals surface area contributed by atoms with Crippen molar-refractivity contribution in [3.05, 3.63) is 101 Å². The number of hydrogen-bond acceptors (Lipinski definition) is 5. The molecule has 1 heterocycles. The number of carbonyl (C=O) groups is 1. The molecule has 172 valence electrons. The number of hydrazone groups is 1. The Kier molecular flexibility index (Phi) is 7.03. The number of ether oxygens (including phenoxy) is 2. The summed E-state index contributed by atoms with van der Waals surface area (Å²) in [6.45, 7) is 4.52. The fourth-order valence-electron chi connectivity index (χ4n) is 3.33. The van der Waals surface area contributed by atoms with E-state index in [1.807, 2.05) is 67.6 Å². The van der Waals surface area contributed by atoms with Crippen molar-refractivity contribution in [2.24, 2.45) is 5.10 Å². The van der Waals surface area contributed by atoms with Gasteiger partial charge in [0.05, 0.1) is 19.0 Å². The van der Waals surface area contributed by atoms with Crippen molar-refractivity contribution in [1.29, 1.82) is 0 Å². The lowest BCUT2D eigenvalue weighted by Crippen LogP contribution is -2.18. The van der Waals surface area contributed by atoms with E-state index in [-0.39, 0.29) is 5.91 Å². The Bertz CT molecular complexity index is 1310. The number of hydrogen-bond donors (Lipinski definition) is 2. The molecule has 0 aliphatic rings. The number of aryl methyl sites for hydroxylation is 2. The van der Waals surface area contributed by atoms with Crippen molar-refractivity contribution in [3.8, 4) is 22.8 Å². The Labute approximate surface area is 198 Å². The Balaban J connectivity index is 1.40. The van der Waals surface area contributed by atoms with Crippen molar-refractivity contribution in [1.82, 2.24) is 15.6 Å². The van der Waals surface area contributed by atoms with Gasteiger partial charge in [-0.1, -0.05) is 42.5 Å². The molecule has 0 radical (unpaired) electrons. The second-order valence-corrected chi connectivity index (χ2v) is 7.85. The highest BCUT2D eigenvalue weighted by atomic mass is 16.5. The number of carbonyl (C=O) groups excluding carboxylic acids is 1. The molecule has 4 rings (SSSR count). The zero-order valence-corrected chi connectivity index (χ0v) is 19.3. The van der Waals surface area contributed by atoms with Crippen LogP contribution in [-0.2, 0) is 6.61 Å². The van der Waals surface area contributed by atoms with Crippen LogP contribution in [0.4, 0.5) is 0 Å². The normalized spacial score (nSPS) is 10.9. The lowest BCUT2D eigenvalue weighted by atomic mass is 10.0. The van der Waals surface area contributed by atoms with E-state index in [9.17, 15) is 4.79 Å². The third kappa shape index (κ3) is 5.50. The number of amides is 1. The van der Waals surface area contributed by atoms with E-state index in [1.165, 1.54) is 11.1 Å². The standard InChI is InChI=1S/C27H26N4O3/c1-18-9-11-22(13-19(18)2)23-15-24(30-29-23)27(32)31-28-16-21-10-12-25(33-3)26(14-21)34-17-20-7-5-4-6-8-20/h4-16H,17H2,1-3H3,(H,29,30)(H,31,32)/b28-16+. The molecule has 0 bridgehead atoms. The summed E-state index contributed by atoms with van der Waals surface area (Å²) in [5, 5.41) is 11.1. The Morgan fingerprint density at radius 1 is 1.00 bits per heavy atom. The predicted octanol–water partition coefficient (Wildman–Crippen LogP) is 5.05. The SMILES string of the molecule is COc1ccc(/C=N/NC(=O)c2cc(-c3ccc(C)c(C)c3)n[nH]2)cc1OCc1ccccc1. The van der Waals surface area contributed by atoms with Gasteiger partial charge in [0.1, 0.15) is 12.3 Å². The molecule has 0 saturated heterocycles. The summed E-state index contributed by atoms with van der Waals surface area (Å²) in [5.74, 6) is 0.828. The number of H-pyrrole nitrogens is 1. The molecule has 0 atom stereocenters. The van der Waals surface area contributed by atoms with Crippen LogP contribution in [0.1, 0.15) is 32.7 Å². The van der Waals surface area contributed by atoms with Gasteiger partial charge in [0.25, 0.3) is 5.91 Å². The van der Waals surface area contributed by atoms with Gasteiger partial charge in [0.2, 0.25) is 0 Å². The molecule has 7 nitrogen and oxygen atoms in total. The van der Waals surface area contributed by atoms with Crippen LogP contribution < -0.4 is 14.9 Å². The van der Waals surface area contributed by atoms with Gasteiger partial charge in [-0.3, -0.25) is 9.89 Å². The second-order valence-electron chi connectivity index (χ2n) is 7.85. The third-order valence-corrected chi connectivity index (χ3v) is 5.43. The number of aromatic amines is 1. The zero-order valence-electron chi connectivity index (χ0n) is 19.3. The molecule has 34 heavy (non-hydrogen) atoms. The highest BCUT2D eigenvalue weighted by Crippen LogP contribution is 2.28. The van der Waals surface area contributed by atoms with E-state index in [0.717, 1.165) is 16.7 Å². The first-order chi connectivity index (χ1) is 16.5. The average Bonchev–Trinajstić information content (AvgIpc) is 3.36. The average molecular weight is 455 g/mol. The Morgan fingerprint density at radius 2 is 1.82 bits per heavy atom. The van der Waals surface area contributed by atoms with Gasteiger partial charge in [-0.25, -0.2) is 5.43 Å². The first-order valence-electron chi connectivity index (χ1n) is 10.8. The maximum atomic E-state index is 12.5. The summed E-state index contributed by atoms with van der Waals surface area (Å²) in [5.41, 5.74) is 8.68. The number of nitrogens with one attached hydrogen (secondary N) is 2. The smallest absolute Gasteiger partial charge is 0.289 e. The van der Waals surface area contributed by atoms with Crippen molar-refractivity contribution in [2.75, 3.05) is 7.11 Å². The summed E-state index contributed by atoms with van der Waals surface area (Å²) < 4.78 is 11.3. The fraction of sp³-hybridized carbons (Fsp3) is 0.148. The number of benzene rings is 3. The molecule has 4 aromatic rings. The molecule has 7 heteroatoms. The van der Waals surface area contributed by atoms with Gasteiger partial charge in [0.15, 0.2) is 11.5 Å². The monoisotopic (exact) mass is 454 g/mol. The first kappa shape index (κ1) is 22.8. The number of nitrogens with zero attached hydrogens (tertiary/aromatic N) is 2. The molecular weight excluding hydrogens is 428 g/mol. The molecule has 3 aromatic carbocycles. The molecule has 2 N–H and O–H groups in total. The largest absolute Gasteiger partial charge is 0.493 e. The van der Waals surface area contributed by atoms with Crippen LogP contribution in [0, 0.1) is 13.8 Å². The van der Waals surface area contributed by atoms with Crippen molar-refractivity contribution in [3.63, 3.8) is 0 Å². The van der Waals surface area contributed by atoms with Gasteiger partial charge >= 0.3 is 0 Å². The quantitative estimate of drug-likeness (QED) is 0.288. The summed E-state index contributed by atoms with van der Waals surface area (Å²) in [4.78, 5) is 12.5. The maximum absolute atomic E-state index is 12.5. The topological polar surface area (TPSA) is 88.6 Å². The van der Waals surface area contributed by atoms with E-state index < -0.39 is 0 Å². The van der Waals surface area contributed by atoms with Crippen molar-refractivity contribution < 1.29 is 14.3 Å². The van der Waals surface area contributed by atoms with Crippen LogP contribution in [0.5, 0.6) is 11.5 Å². The number of aromatic nitrogens is 2. The molecule has 0 spiro atoms. The summed E-state index contributed by atoms with van der Waals surface area (Å²) in [7, 11) is 1.59. The van der Waals surface area contributed by atoms with Crippen LogP contribution in [0.15, 0.2) is 77.9 Å². The van der Waals surface area contributed by atoms with E-state index in [2.05, 4.69) is 27.6 Å². The van der Waals surface area contributed by atoms with Crippen molar-refractivity contribution in [2.45, 2.75) is 20.5 Å². The molecular formula is C27H26N4O3. The molecule has 1 amide bonds. The highest BCUT2D eigenvalue weighted by molar-refractivity contribution is 5.94. The molecule has 0 fully saturated rings. The summed E-state index contributed by atoms with van der Waals surface area (Å²) in [6, 6.07) is 23.1. The zero-order chi connectivity index (χ0) is 23.9. The first-order valence-corrected chi connectivity index (χ1v) is 10.8. The van der Waals surface area contributed by atoms with Gasteiger partial charge in [-0.15, -0.1) is 0 Å². The summed E-state index contributed by atoms with van der Waals surface area (Å²) >= 11 is 0. The predicted molar refractivity (Wildman–Crippen MR) is 132 cm³/mol. The van der Waals surface area contributed by atoms with Crippen molar-refractivity contribution >= 4 is 12.1 Å². The third-order valence-electron chi connectivity index (χ3n) is 5.43. The van der Waals surface area contributed by atoms with Crippen LogP contribution in [-0.4, -0.2) is 29.4 Å². The van der Waals surface area contributed by atoms with E-state index in [4.69, 9.17) is 9.47 Å². The Hall–Kier alpha value is -4.39. The van der Waals surface area contributed by atoms with Crippen LogP contribution in [0.2, 0.25) is 0 Å². The minimum atomic E-state index is -0.382. The number of rotatable bonds is 8. The summed E-state index contributed by atoms with van der Waals surface area (Å²) in [6.07, 6.45) is 1.55. The molecule has 1 aromatic heterocycles. The lowest BCUT2D eigenvalue weighted by Gasteiger charge is -2.11. The van der Waals surface area contributed by atoms with Crippen LogP contribution in [0.25, 0.3) is 11.3 Å². The van der Waals surface area contributed by atoms with Gasteiger partial charge in [0, 0.05) is 5.56 Å². The van der Waals surface area contributed by atoms with Gasteiger partial charge < -0.3 is 9.47 Å². The Morgan fingerprint density at radius 3 is 2.59 bits per heavy atom. The molecule has 0 saturated carbocycles. The highest BCUT2D eigenvalue weighted by Gasteiger charge is 2.11. The number of methoxy groups -OCH3 is 1. The molecule has 0 aliphatic heterocycles. The second kappa shape index (κ2) is 10.5. The minimum absolute atomic E-state index is 0.326. The fourth-order valence-corrected chi connectivity index (χ4v) is 3.33. The van der Waals surface area contributed by atoms with Crippen LogP contribution in [0.3, 0.4) is 0 Å². The van der Waals surface area contributed by atoms with E-state index in [0.29, 0.717) is 29.5 Å². The molecule has 0 unspecified atom stereocenters. The van der Waals surface area contributed by atoms with Gasteiger partial charge in [-0.2, -0.15) is 10.2 Å². The van der Waals surface area contributed by atoms with Gasteiger partial charge in [-0.05, 0) is 66.4 Å². The van der Waals surface area contributed by atoms with E-state index in [1.54, 1.807) is 25.5 Å². The molecule has 0 aliphatic carbocycles.